The fourth-order valence-electron chi connectivity index (χ4n) is 2.38. The zero-order valence-electron chi connectivity index (χ0n) is 15.7. The molecule has 5 N–H and O–H groups in total. The van der Waals surface area contributed by atoms with Gasteiger partial charge in [-0.1, -0.05) is 23.5 Å². The second-order valence-electron chi connectivity index (χ2n) is 6.15. The van der Waals surface area contributed by atoms with Gasteiger partial charge < -0.3 is 21.7 Å². The minimum Gasteiger partial charge on any atom is -0.370 e. The average molecular weight is 388 g/mol. The summed E-state index contributed by atoms with van der Waals surface area (Å²) in [6.07, 6.45) is 1.46. The molecule has 9 heteroatoms. The molecule has 0 saturated heterocycles. The molecule has 2 aromatic rings. The second kappa shape index (κ2) is 9.13. The Morgan fingerprint density at radius 1 is 1.19 bits per heavy atom. The highest BCUT2D eigenvalue weighted by atomic mass is 32.1. The molecule has 0 unspecified atom stereocenters. The third kappa shape index (κ3) is 6.37. The van der Waals surface area contributed by atoms with Crippen molar-refractivity contribution in [3.63, 3.8) is 0 Å². The molecule has 0 atom stereocenters. The number of thiazole rings is 1. The Balaban J connectivity index is 2.13. The van der Waals surface area contributed by atoms with Gasteiger partial charge in [-0.25, -0.2) is 9.98 Å². The molecule has 1 aromatic heterocycles. The van der Waals surface area contributed by atoms with Gasteiger partial charge in [-0.3, -0.25) is 9.59 Å². The number of aryl methyl sites for hydroxylation is 2. The lowest BCUT2D eigenvalue weighted by Crippen LogP contribution is -2.23. The third-order valence-corrected chi connectivity index (χ3v) is 4.82. The highest BCUT2D eigenvalue weighted by Crippen LogP contribution is 2.26. The summed E-state index contributed by atoms with van der Waals surface area (Å²) < 4.78 is 0. The Morgan fingerprint density at radius 2 is 1.85 bits per heavy atom. The van der Waals surface area contributed by atoms with Crippen LogP contribution in [0.1, 0.15) is 30.0 Å². The van der Waals surface area contributed by atoms with Gasteiger partial charge in [-0.05, 0) is 30.5 Å². The maximum atomic E-state index is 11.5. The number of nitrogens with one attached hydrogen (secondary N) is 1. The van der Waals surface area contributed by atoms with E-state index in [9.17, 15) is 9.59 Å². The van der Waals surface area contributed by atoms with E-state index in [0.29, 0.717) is 23.8 Å². The predicted octanol–water partition coefficient (Wildman–Crippen LogP) is 1.77. The Labute approximate surface area is 162 Å². The number of aliphatic imine (C=N–C) groups is 1. The van der Waals surface area contributed by atoms with Crippen LogP contribution < -0.4 is 16.8 Å². The predicted molar refractivity (Wildman–Crippen MR) is 108 cm³/mol. The first-order valence-corrected chi connectivity index (χ1v) is 9.22. The summed E-state index contributed by atoms with van der Waals surface area (Å²) in [4.78, 5) is 34.0. The maximum Gasteiger partial charge on any atom is 0.223 e. The van der Waals surface area contributed by atoms with E-state index in [-0.39, 0.29) is 17.8 Å². The summed E-state index contributed by atoms with van der Waals surface area (Å²) in [7, 11) is 1.74. The van der Waals surface area contributed by atoms with E-state index in [1.54, 1.807) is 11.9 Å². The van der Waals surface area contributed by atoms with E-state index in [1.807, 2.05) is 24.3 Å². The number of aromatic nitrogens is 1. The number of guanidine groups is 1. The Bertz CT molecular complexity index is 840. The van der Waals surface area contributed by atoms with Crippen molar-refractivity contribution < 1.29 is 9.59 Å². The SMILES string of the molecule is CC(=O)Nc1nc(CCc2ccc(N=C(N)N)cc2)c(CN(C)C(C)=O)s1. The first-order chi connectivity index (χ1) is 12.7. The highest BCUT2D eigenvalue weighted by molar-refractivity contribution is 7.15. The van der Waals surface area contributed by atoms with Gasteiger partial charge in [0.2, 0.25) is 11.8 Å². The summed E-state index contributed by atoms with van der Waals surface area (Å²) >= 11 is 1.40. The number of rotatable bonds is 7. The van der Waals surface area contributed by atoms with E-state index >= 15 is 0 Å². The van der Waals surface area contributed by atoms with Crippen molar-refractivity contribution >= 4 is 39.9 Å². The van der Waals surface area contributed by atoms with Crippen LogP contribution in [0.5, 0.6) is 0 Å². The van der Waals surface area contributed by atoms with Gasteiger partial charge in [0, 0.05) is 25.8 Å². The molecule has 0 aliphatic rings. The van der Waals surface area contributed by atoms with E-state index in [4.69, 9.17) is 11.5 Å². The molecular formula is C18H24N6O2S. The van der Waals surface area contributed by atoms with Gasteiger partial charge >= 0.3 is 0 Å². The van der Waals surface area contributed by atoms with Gasteiger partial charge in [0.25, 0.3) is 0 Å². The van der Waals surface area contributed by atoms with Gasteiger partial charge in [0.05, 0.1) is 17.9 Å². The van der Waals surface area contributed by atoms with E-state index in [2.05, 4.69) is 15.3 Å². The van der Waals surface area contributed by atoms with Gasteiger partial charge in [0.1, 0.15) is 0 Å². The molecule has 0 bridgehead atoms. The van der Waals surface area contributed by atoms with Crippen molar-refractivity contribution in [1.82, 2.24) is 9.88 Å². The van der Waals surface area contributed by atoms with Crippen LogP contribution >= 0.6 is 11.3 Å². The summed E-state index contributed by atoms with van der Waals surface area (Å²) in [6.45, 7) is 3.43. The number of carbonyl (C=O) groups excluding carboxylic acids is 2. The lowest BCUT2D eigenvalue weighted by molar-refractivity contribution is -0.128. The molecule has 0 fully saturated rings. The molecule has 144 valence electrons. The Hall–Kier alpha value is -2.94. The molecule has 0 radical (unpaired) electrons. The number of amides is 2. The first-order valence-electron chi connectivity index (χ1n) is 8.41. The van der Waals surface area contributed by atoms with Crippen LogP contribution in [-0.2, 0) is 29.0 Å². The smallest absolute Gasteiger partial charge is 0.223 e. The third-order valence-electron chi connectivity index (χ3n) is 3.82. The van der Waals surface area contributed by atoms with Crippen LogP contribution in [0.4, 0.5) is 10.8 Å². The van der Waals surface area contributed by atoms with Crippen molar-refractivity contribution in [2.45, 2.75) is 33.2 Å². The second-order valence-corrected chi connectivity index (χ2v) is 7.23. The van der Waals surface area contributed by atoms with Gasteiger partial charge in [0.15, 0.2) is 11.1 Å². The summed E-state index contributed by atoms with van der Waals surface area (Å²) in [5.41, 5.74) is 13.4. The summed E-state index contributed by atoms with van der Waals surface area (Å²) in [6, 6.07) is 7.63. The molecule has 0 saturated carbocycles. The number of benzene rings is 1. The highest BCUT2D eigenvalue weighted by Gasteiger charge is 2.15. The number of hydrogen-bond donors (Lipinski definition) is 3. The van der Waals surface area contributed by atoms with Gasteiger partial charge in [-0.15, -0.1) is 0 Å². The fraction of sp³-hybridized carbons (Fsp3) is 0.333. The zero-order valence-corrected chi connectivity index (χ0v) is 16.5. The van der Waals surface area contributed by atoms with E-state index < -0.39 is 0 Å². The van der Waals surface area contributed by atoms with Crippen LogP contribution in [0, 0.1) is 0 Å². The quantitative estimate of drug-likeness (QED) is 0.492. The average Bonchev–Trinajstić information content (AvgIpc) is 2.94. The fourth-order valence-corrected chi connectivity index (χ4v) is 3.49. The van der Waals surface area contributed by atoms with Crippen LogP contribution in [-0.4, -0.2) is 34.7 Å². The monoisotopic (exact) mass is 388 g/mol. The molecule has 2 amide bonds. The number of nitrogens with two attached hydrogens (primary N) is 2. The number of hydrogen-bond acceptors (Lipinski definition) is 5. The minimum absolute atomic E-state index is 0.0225. The molecule has 1 heterocycles. The zero-order chi connectivity index (χ0) is 20.0. The Kier molecular flexibility index (Phi) is 6.89. The van der Waals surface area contributed by atoms with Crippen molar-refractivity contribution in [3.8, 4) is 0 Å². The molecule has 1 aromatic carbocycles. The molecule has 8 nitrogen and oxygen atoms in total. The first kappa shape index (κ1) is 20.4. The largest absolute Gasteiger partial charge is 0.370 e. The standard InChI is InChI=1S/C18H24N6O2S/c1-11(25)21-18-23-15(16(27-18)10-24(3)12(2)26)9-6-13-4-7-14(8-5-13)22-17(19)20/h4-5,7-8H,6,9-10H2,1-3H3,(H4,19,20,22)(H,21,23,25). The van der Waals surface area contributed by atoms with Crippen LogP contribution in [0.25, 0.3) is 0 Å². The lowest BCUT2D eigenvalue weighted by Gasteiger charge is -2.14. The molecular weight excluding hydrogens is 364 g/mol. The molecule has 0 aliphatic heterocycles. The normalized spacial score (nSPS) is 10.3. The van der Waals surface area contributed by atoms with Crippen LogP contribution in [0.15, 0.2) is 29.3 Å². The van der Waals surface area contributed by atoms with Crippen molar-refractivity contribution in [2.24, 2.45) is 16.5 Å². The molecule has 0 aliphatic carbocycles. The number of anilines is 1. The van der Waals surface area contributed by atoms with E-state index in [1.165, 1.54) is 25.2 Å². The molecule has 27 heavy (non-hydrogen) atoms. The van der Waals surface area contributed by atoms with Crippen molar-refractivity contribution in [1.29, 1.82) is 0 Å². The van der Waals surface area contributed by atoms with Crippen LogP contribution in [0.2, 0.25) is 0 Å². The van der Waals surface area contributed by atoms with Crippen LogP contribution in [0.3, 0.4) is 0 Å². The van der Waals surface area contributed by atoms with Crippen molar-refractivity contribution in [3.05, 3.63) is 40.4 Å². The topological polar surface area (TPSA) is 127 Å². The minimum atomic E-state index is -0.169. The summed E-state index contributed by atoms with van der Waals surface area (Å²) in [5.74, 6) is -0.169. The van der Waals surface area contributed by atoms with Crippen molar-refractivity contribution in [2.75, 3.05) is 12.4 Å². The number of carbonyl (C=O) groups is 2. The molecule has 0 spiro atoms. The Morgan fingerprint density at radius 3 is 2.41 bits per heavy atom. The van der Waals surface area contributed by atoms with E-state index in [0.717, 1.165) is 22.6 Å². The summed E-state index contributed by atoms with van der Waals surface area (Å²) in [5, 5.41) is 3.27. The maximum absolute atomic E-state index is 11.5. The molecule has 2 rings (SSSR count). The number of nitrogens with zero attached hydrogens (tertiary/aromatic N) is 3. The van der Waals surface area contributed by atoms with Gasteiger partial charge in [-0.2, -0.15) is 0 Å². The lowest BCUT2D eigenvalue weighted by atomic mass is 10.1.